The number of benzene rings is 7. The number of halogens is 4. The fourth-order valence-corrected chi connectivity index (χ4v) is 26.8. The minimum atomic E-state index is -0.886. The molecule has 29 nitrogen and oxygen atoms in total. The van der Waals surface area contributed by atoms with Gasteiger partial charge in [0.05, 0.1) is 53.0 Å². The molecular formula is C102H134Cl4N6Na2O23Se7. The van der Waals surface area contributed by atoms with Crippen LogP contribution in [0.5, 0.6) is 23.0 Å². The Hall–Kier alpha value is -5.72. The van der Waals surface area contributed by atoms with Crippen molar-refractivity contribution in [2.75, 3.05) is 203 Å². The number of nitrogens with one attached hydrogen (secondary N) is 2. The molecule has 0 bridgehead atoms. The average Bonchev–Trinajstić information content (AvgIpc) is 1.63. The van der Waals surface area contributed by atoms with Crippen LogP contribution in [0.4, 0.5) is 0 Å². The Morgan fingerprint density at radius 1 is 0.326 bits per heavy atom. The number of ketones is 1. The van der Waals surface area contributed by atoms with Crippen LogP contribution < -0.4 is 113 Å². The molecule has 0 saturated heterocycles. The predicted octanol–water partition coefficient (Wildman–Crippen LogP) is -0.413. The van der Waals surface area contributed by atoms with Gasteiger partial charge in [-0.15, -0.1) is 23.2 Å². The fourth-order valence-electron chi connectivity index (χ4n) is 11.7. The number of rotatable bonds is 32. The van der Waals surface area contributed by atoms with Gasteiger partial charge in [-0.25, -0.2) is 0 Å². The second-order valence-corrected chi connectivity index (χ2v) is 48.2. The van der Waals surface area contributed by atoms with E-state index in [1.54, 1.807) is 18.2 Å². The van der Waals surface area contributed by atoms with E-state index in [4.69, 9.17) is 86.6 Å². The maximum atomic E-state index is 11.7. The Kier molecular flexibility index (Phi) is 76.7. The molecule has 0 aliphatic rings. The number of nitrogens with zero attached hydrogens (tertiary/aromatic N) is 4. The Bertz CT molecular complexity index is 5850. The number of aliphatic hydroxyl groups excluding tert-OH is 2. The van der Waals surface area contributed by atoms with E-state index in [-0.39, 0.29) is 226 Å². The van der Waals surface area contributed by atoms with Crippen LogP contribution >= 0.6 is 23.2 Å². The smallest absolute Gasteiger partial charge is 1.00 e. The molecule has 0 aliphatic carbocycles. The van der Waals surface area contributed by atoms with Gasteiger partial charge in [-0.1, -0.05) is 0 Å². The first kappa shape index (κ1) is 142. The van der Waals surface area contributed by atoms with Crippen LogP contribution in [0.3, 0.4) is 0 Å². The van der Waals surface area contributed by atoms with Gasteiger partial charge in [0.2, 0.25) is 0 Å². The number of ether oxygens (including phenoxy) is 8. The van der Waals surface area contributed by atoms with Crippen molar-refractivity contribution in [1.29, 1.82) is 0 Å². The molecule has 0 amide bonds. The van der Waals surface area contributed by atoms with E-state index in [1.165, 1.54) is 55.7 Å². The number of hydrogen-bond acceptors (Lipinski definition) is 24. The number of aromatic carboxylic acids is 3. The third-order valence-corrected chi connectivity index (χ3v) is 35.0. The molecule has 42 heteroatoms. The van der Waals surface area contributed by atoms with Crippen molar-refractivity contribution in [3.63, 3.8) is 0 Å². The number of Topliss-reactive ketones (excluding diaryl/α,β-unsaturated/α-hetero) is 1. The van der Waals surface area contributed by atoms with Gasteiger partial charge in [0.15, 0.2) is 0 Å². The first-order valence-corrected chi connectivity index (χ1v) is 57.1. The number of hydrogen-bond donors (Lipinski definition) is 7. The van der Waals surface area contributed by atoms with Gasteiger partial charge in [0, 0.05) is 14.2 Å². The number of esters is 4. The summed E-state index contributed by atoms with van der Waals surface area (Å²) in [6, 6.07) is 52.9. The van der Waals surface area contributed by atoms with E-state index < -0.39 is 17.9 Å². The maximum Gasteiger partial charge on any atom is 1.00 e. The summed E-state index contributed by atoms with van der Waals surface area (Å²) in [4.78, 5) is 102. The van der Waals surface area contributed by atoms with Gasteiger partial charge in [0.1, 0.15) is 0 Å². The number of quaternary nitrogens is 2. The Morgan fingerprint density at radius 2 is 0.576 bits per heavy atom. The molecule has 9 N–H and O–H groups in total. The molecule has 0 atom stereocenters. The van der Waals surface area contributed by atoms with Crippen LogP contribution in [0, 0.1) is 20.8 Å². The van der Waals surface area contributed by atoms with Crippen LogP contribution in [0.15, 0.2) is 164 Å². The Balaban J connectivity index is -0.00000156. The molecule has 7 aromatic carbocycles. The van der Waals surface area contributed by atoms with E-state index in [9.17, 15) is 38.4 Å². The molecule has 0 unspecified atom stereocenters. The first-order valence-electron chi connectivity index (χ1n) is 44.0. The number of alkyl halides is 2. The van der Waals surface area contributed by atoms with E-state index in [0.29, 0.717) is 71.7 Å². The summed E-state index contributed by atoms with van der Waals surface area (Å²) in [5.74, 6) is 1.64. The molecule has 14 aromatic rings. The number of fused-ring (bicyclic) bond motifs is 7. The number of aliphatic hydroxyl groups is 2. The first-order chi connectivity index (χ1) is 65.8. The topological polar surface area (TPSA) is 393 Å². The second kappa shape index (κ2) is 77.6. The van der Waals surface area contributed by atoms with Crippen LogP contribution in [0.2, 0.25) is 0 Å². The zero-order chi connectivity index (χ0) is 103. The zero-order valence-electron chi connectivity index (χ0n) is 86.2. The zero-order valence-corrected chi connectivity index (χ0v) is 105. The van der Waals surface area contributed by atoms with Crippen molar-refractivity contribution in [2.24, 2.45) is 0 Å². The van der Waals surface area contributed by atoms with Gasteiger partial charge in [0.25, 0.3) is 0 Å². The molecule has 14 rings (SSSR count). The van der Waals surface area contributed by atoms with Crippen molar-refractivity contribution >= 4 is 240 Å². The monoisotopic (exact) mass is 2560 g/mol. The minimum absolute atomic E-state index is 0. The van der Waals surface area contributed by atoms with E-state index in [2.05, 4.69) is 98.0 Å². The molecule has 782 valence electrons. The molecule has 0 aliphatic heterocycles. The van der Waals surface area contributed by atoms with Gasteiger partial charge >= 0.3 is 818 Å². The van der Waals surface area contributed by atoms with E-state index in [0.717, 1.165) is 151 Å². The minimum Gasteiger partial charge on any atom is -1.00 e. The van der Waals surface area contributed by atoms with Crippen LogP contribution in [0.25, 0.3) is 67.5 Å². The van der Waals surface area contributed by atoms with Gasteiger partial charge in [-0.2, -0.15) is 0 Å². The summed E-state index contributed by atoms with van der Waals surface area (Å²) >= 11 is 10.6. The molecule has 7 aromatic heterocycles. The van der Waals surface area contributed by atoms with Crippen molar-refractivity contribution in [2.45, 2.75) is 55.4 Å². The van der Waals surface area contributed by atoms with E-state index in [1.807, 2.05) is 200 Å². The van der Waals surface area contributed by atoms with Gasteiger partial charge < -0.3 is 55.8 Å². The van der Waals surface area contributed by atoms with Crippen molar-refractivity contribution in [3.8, 4) is 23.0 Å². The molecule has 7 heterocycles. The number of carboxylic acids is 3. The number of likely N-dealkylation sites (N-methyl/N-ethyl adjacent to an activating group) is 4. The SMILES string of the molecule is CC(=O)c1c(C)ccc2cc(C(=O)O)[se]c12.CCOC(=O)c1cc2cc(C)ccc2[se]1.CCOC(=O)c1cc2cc(OCCN(C)C)ccc2[se]1.CCOC(=O)c1cc2ccc(C)cc2[se]1.CCOC(=O)c1cc2ccc(OCCN(C)C)cc2[se]1.CN(C)CCOc1ccc2[se]c(C(=O)O)cc2c1.CN(C)CCOc1ccc2cc(C(=O)O)[se]c2c1.CO.CO.C[NH+](C)CCCl.C[NH+](C)CCCl.[Cl-].[Cl-].[Na+].[Na+].[OH-].[OH-]. The quantitative estimate of drug-likeness (QED) is 0.00926. The van der Waals surface area contributed by atoms with Crippen molar-refractivity contribution < 1.29 is 206 Å². The third kappa shape index (κ3) is 51.9. The predicted molar refractivity (Wildman–Crippen MR) is 568 cm³/mol. The van der Waals surface area contributed by atoms with Gasteiger partial charge in [-0.05, 0) is 0 Å². The summed E-state index contributed by atoms with van der Waals surface area (Å²) < 4.78 is 55.5. The molecule has 0 spiro atoms. The maximum absolute atomic E-state index is 11.7. The van der Waals surface area contributed by atoms with Crippen LogP contribution in [0.1, 0.15) is 126 Å². The Morgan fingerprint density at radius 3 is 0.896 bits per heavy atom. The summed E-state index contributed by atoms with van der Waals surface area (Å²) in [6.45, 7) is 24.8. The molecule has 0 saturated carbocycles. The number of carboxylic acid groups (broad SMARTS) is 3. The molecule has 144 heavy (non-hydrogen) atoms. The standard InChI is InChI=1S/2C15H19NO3Se.2C13H15NO3Se.C12H10O3Se.2C12H12O2Se.2C4H10ClN.2CH4O.2ClH.2Na.2H2O/c1-4-18-15(17)14-10-11-9-12(5-6-13(11)20-14)19-8-7-16(2)3;1-4-18-15(17)14-9-11-5-6-12(10-13(11)20-14)19-8-7-16(2)3;1-14(2)5-6-17-10-3-4-11-9(7-10)8-12(18-11)13(15)16;1-14(2)5-6-17-10-4-3-9-7-12(13(15)16)18-11(9)8-10;1-6-3-4-8-5-9(12(14)15)16-11(8)10(6)7(2)13;1-3-14-12(13)11-7-9-6-8(2)4-5-10(9)15-11;1-3-14-12(13)11-7-9-5-4-8(2)6-10(9)15-11;2*1-6(2)4-3-5;2*1-2;;;;;;/h2*5-6,9-10H,4,7-8H2,1-3H3;2*3-4,7-8H,5-6H2,1-2H3,(H,15,16);3-5H,1-2H3,(H,14,15);2*4-7H,3H2,1-2H3;2*3-4H2,1-2H3;2*2H,1H3;2*1H;;;2*1H2/q;;;;;;;;;;;;;2*+1;;/p-2. The number of carbonyl (C=O) groups excluding carboxylic acids is 5. The third-order valence-electron chi connectivity index (χ3n) is 18.5. The summed E-state index contributed by atoms with van der Waals surface area (Å²) in [6.07, 6.45) is 0. The largest absolute Gasteiger partial charge is 1.00 e. The number of carbonyl (C=O) groups is 8. The Labute approximate surface area is 953 Å². The summed E-state index contributed by atoms with van der Waals surface area (Å²) in [5.41, 5.74) is 4.10. The fraction of sp³-hybridized carbons (Fsp3) is 0.373. The number of aryl methyl sites for hydroxylation is 3. The summed E-state index contributed by atoms with van der Waals surface area (Å²) in [7, 11) is 26.4. The second-order valence-electron chi connectivity index (χ2n) is 31.6. The normalized spacial score (nSPS) is 10.1. The molecular weight excluding hydrogens is 2420 g/mol. The average molecular weight is 2550 g/mol. The van der Waals surface area contributed by atoms with Crippen LogP contribution in [-0.2, 0) is 18.9 Å². The van der Waals surface area contributed by atoms with Crippen molar-refractivity contribution in [1.82, 2.24) is 19.6 Å². The van der Waals surface area contributed by atoms with Crippen LogP contribution in [-0.4, -0.2) is 408 Å². The summed E-state index contributed by atoms with van der Waals surface area (Å²) in [5, 5.41) is 48.3. The van der Waals surface area contributed by atoms with Gasteiger partial charge in [-0.3, -0.25) is 0 Å². The van der Waals surface area contributed by atoms with Crippen molar-refractivity contribution in [3.05, 3.63) is 217 Å². The van der Waals surface area contributed by atoms with E-state index >= 15 is 0 Å². The molecule has 0 fully saturated rings. The molecule has 0 radical (unpaired) electrons.